The molecule has 2 atom stereocenters. The van der Waals surface area contributed by atoms with Gasteiger partial charge in [-0.2, -0.15) is 8.78 Å². The van der Waals surface area contributed by atoms with Crippen molar-refractivity contribution in [1.82, 2.24) is 15.4 Å². The van der Waals surface area contributed by atoms with Crippen molar-refractivity contribution >= 4 is 26.4 Å². The average Bonchev–Trinajstić information content (AvgIpc) is 3.11. The summed E-state index contributed by atoms with van der Waals surface area (Å²) < 4.78 is 66.8. The second-order valence-electron chi connectivity index (χ2n) is 5.98. The van der Waals surface area contributed by atoms with Crippen molar-refractivity contribution in [3.05, 3.63) is 35.8 Å². The molecule has 0 bridgehead atoms. The summed E-state index contributed by atoms with van der Waals surface area (Å²) >= 11 is 0. The first-order valence-corrected chi connectivity index (χ1v) is 8.85. The maximum absolute atomic E-state index is 14.1. The van der Waals surface area contributed by atoms with E-state index in [9.17, 15) is 21.6 Å². The zero-order chi connectivity index (χ0) is 18.6. The lowest BCUT2D eigenvalue weighted by molar-refractivity contribution is 0.00892. The van der Waals surface area contributed by atoms with Crippen LogP contribution in [-0.4, -0.2) is 34.7 Å². The predicted molar refractivity (Wildman–Crippen MR) is 85.8 cm³/mol. The van der Waals surface area contributed by atoms with Crippen LogP contribution in [0.25, 0.3) is 16.6 Å². The minimum absolute atomic E-state index is 0.0446. The first-order valence-electron chi connectivity index (χ1n) is 7.37. The van der Waals surface area contributed by atoms with E-state index in [1.54, 1.807) is 18.3 Å². The second-order valence-corrected chi connectivity index (χ2v) is 8.35. The van der Waals surface area contributed by atoms with E-state index in [2.05, 4.69) is 15.4 Å². The van der Waals surface area contributed by atoms with Crippen molar-refractivity contribution < 1.29 is 26.4 Å². The van der Waals surface area contributed by atoms with Gasteiger partial charge in [0.2, 0.25) is 9.84 Å². The van der Waals surface area contributed by atoms with Crippen LogP contribution >= 0.6 is 0 Å². The summed E-state index contributed by atoms with van der Waals surface area (Å²) in [5.74, 6) is 0.0843. The van der Waals surface area contributed by atoms with Gasteiger partial charge in [-0.05, 0) is 32.9 Å². The van der Waals surface area contributed by atoms with Gasteiger partial charge in [0.25, 0.3) is 0 Å². The molecule has 3 heterocycles. The van der Waals surface area contributed by atoms with Gasteiger partial charge in [-0.25, -0.2) is 12.8 Å². The van der Waals surface area contributed by atoms with Crippen LogP contribution in [0.3, 0.4) is 0 Å². The molecule has 0 saturated carbocycles. The summed E-state index contributed by atoms with van der Waals surface area (Å²) in [4.78, 5) is 9.77. The molecule has 2 aromatic heterocycles. The summed E-state index contributed by atoms with van der Waals surface area (Å²) in [5.41, 5.74) is 3.57. The molecule has 0 aliphatic carbocycles. The van der Waals surface area contributed by atoms with Gasteiger partial charge in [0, 0.05) is 23.5 Å². The smallest absolute Gasteiger partial charge is 0.377 e. The van der Waals surface area contributed by atoms with Crippen LogP contribution in [0.15, 0.2) is 30.3 Å². The van der Waals surface area contributed by atoms with Gasteiger partial charge in [-0.15, -0.1) is 5.48 Å². The van der Waals surface area contributed by atoms with Crippen LogP contribution in [0, 0.1) is 0 Å². The lowest BCUT2D eigenvalue weighted by atomic mass is 10.0. The third kappa shape index (κ3) is 2.35. The fourth-order valence-corrected chi connectivity index (χ4v) is 4.49. The van der Waals surface area contributed by atoms with E-state index in [4.69, 9.17) is 4.84 Å². The minimum atomic E-state index is -5.35. The molecular formula is C15H16F3N3O3S. The highest BCUT2D eigenvalue weighted by atomic mass is 32.2. The highest BCUT2D eigenvalue weighted by Gasteiger charge is 2.63. The highest BCUT2D eigenvalue weighted by Crippen LogP contribution is 2.46. The summed E-state index contributed by atoms with van der Waals surface area (Å²) in [7, 11) is -5.35. The van der Waals surface area contributed by atoms with Crippen LogP contribution in [0.2, 0.25) is 0 Å². The van der Waals surface area contributed by atoms with E-state index in [0.717, 1.165) is 6.92 Å². The highest BCUT2D eigenvalue weighted by molar-refractivity contribution is 7.94. The molecule has 0 saturated heterocycles. The number of hydroxylamine groups is 1. The summed E-state index contributed by atoms with van der Waals surface area (Å²) in [6.07, 6.45) is 0.110. The number of halogens is 3. The molecule has 1 aliphatic heterocycles. The Hall–Kier alpha value is -2.07. The quantitative estimate of drug-likeness (QED) is 0.859. The Bertz CT molecular complexity index is 969. The Morgan fingerprint density at radius 1 is 1.40 bits per heavy atom. The largest absolute Gasteiger partial charge is 0.411 e. The van der Waals surface area contributed by atoms with Crippen LogP contribution in [0.4, 0.5) is 13.2 Å². The molecule has 136 valence electrons. The summed E-state index contributed by atoms with van der Waals surface area (Å²) in [5, 5.41) is -4.60. The summed E-state index contributed by atoms with van der Waals surface area (Å²) in [6, 6.07) is 3.28. The van der Waals surface area contributed by atoms with Crippen molar-refractivity contribution in [3.8, 4) is 0 Å². The number of hydrogen-bond acceptors (Lipinski definition) is 5. The Balaban J connectivity index is 2.19. The topological polar surface area (TPSA) is 84.1 Å². The first-order chi connectivity index (χ1) is 11.5. The number of alkyl halides is 3. The molecule has 0 aromatic carbocycles. The van der Waals surface area contributed by atoms with E-state index in [1.807, 2.05) is 0 Å². The van der Waals surface area contributed by atoms with Gasteiger partial charge in [0.1, 0.15) is 5.76 Å². The van der Waals surface area contributed by atoms with E-state index in [1.165, 1.54) is 13.1 Å². The van der Waals surface area contributed by atoms with E-state index < -0.39 is 26.1 Å². The number of allylic oxidation sites excluding steroid dienone is 1. The molecule has 2 unspecified atom stereocenters. The number of nitrogens with one attached hydrogen (secondary N) is 2. The van der Waals surface area contributed by atoms with Gasteiger partial charge >= 0.3 is 5.25 Å². The molecule has 6 nitrogen and oxygen atoms in total. The standard InChI is InChI=1S/C15H16F3N3O3S/c1-8-13(10-6-12-11(20-7-10)4-5-19-12)14(3,21-24-8)25(22,23)15(17,18)9(2)16/h4-7,9,19,21H,1-3H3. The van der Waals surface area contributed by atoms with Gasteiger partial charge in [0.15, 0.2) is 11.0 Å². The third-order valence-corrected chi connectivity index (χ3v) is 6.68. The zero-order valence-corrected chi connectivity index (χ0v) is 14.4. The second kappa shape index (κ2) is 5.46. The molecule has 0 spiro atoms. The Kier molecular flexibility index (Phi) is 3.88. The molecule has 0 radical (unpaired) electrons. The van der Waals surface area contributed by atoms with E-state index >= 15 is 0 Å². The zero-order valence-electron chi connectivity index (χ0n) is 13.6. The van der Waals surface area contributed by atoms with Gasteiger partial charge in [-0.1, -0.05) is 0 Å². The number of fused-ring (bicyclic) bond motifs is 1. The minimum Gasteiger partial charge on any atom is -0.411 e. The fourth-order valence-electron chi connectivity index (χ4n) is 2.84. The number of rotatable bonds is 4. The molecule has 25 heavy (non-hydrogen) atoms. The van der Waals surface area contributed by atoms with Crippen LogP contribution in [-0.2, 0) is 14.7 Å². The van der Waals surface area contributed by atoms with Crippen LogP contribution < -0.4 is 5.48 Å². The number of pyridine rings is 1. The van der Waals surface area contributed by atoms with E-state index in [-0.39, 0.29) is 16.9 Å². The number of aromatic nitrogens is 2. The Labute approximate surface area is 142 Å². The molecule has 0 amide bonds. The number of hydrogen-bond donors (Lipinski definition) is 2. The van der Waals surface area contributed by atoms with E-state index in [0.29, 0.717) is 18.0 Å². The molecule has 2 aromatic rings. The SMILES string of the molecule is CC1=C(c2cnc3cc[nH]c3c2)C(C)(S(=O)(=O)C(F)(F)C(C)F)NO1. The lowest BCUT2D eigenvalue weighted by Gasteiger charge is -2.31. The Morgan fingerprint density at radius 3 is 2.72 bits per heavy atom. The lowest BCUT2D eigenvalue weighted by Crippen LogP contribution is -2.55. The number of sulfone groups is 1. The van der Waals surface area contributed by atoms with Crippen molar-refractivity contribution in [2.24, 2.45) is 0 Å². The molecule has 0 fully saturated rings. The van der Waals surface area contributed by atoms with Crippen molar-refractivity contribution in [2.45, 2.75) is 37.1 Å². The van der Waals surface area contributed by atoms with Gasteiger partial charge in [0.05, 0.1) is 11.0 Å². The number of H-pyrrole nitrogens is 1. The van der Waals surface area contributed by atoms with Crippen molar-refractivity contribution in [3.63, 3.8) is 0 Å². The molecule has 3 rings (SSSR count). The van der Waals surface area contributed by atoms with Crippen LogP contribution in [0.1, 0.15) is 26.3 Å². The number of nitrogens with zero attached hydrogens (tertiary/aromatic N) is 1. The third-order valence-electron chi connectivity index (χ3n) is 4.27. The molecule has 1 aliphatic rings. The van der Waals surface area contributed by atoms with Gasteiger partial charge in [-0.3, -0.25) is 4.98 Å². The number of aromatic amines is 1. The molecule has 10 heteroatoms. The monoisotopic (exact) mass is 375 g/mol. The summed E-state index contributed by atoms with van der Waals surface area (Å²) in [6.45, 7) is 2.95. The van der Waals surface area contributed by atoms with Crippen molar-refractivity contribution in [1.29, 1.82) is 0 Å². The predicted octanol–water partition coefficient (Wildman–Crippen LogP) is 2.91. The van der Waals surface area contributed by atoms with Crippen molar-refractivity contribution in [2.75, 3.05) is 0 Å². The molecule has 2 N–H and O–H groups in total. The average molecular weight is 375 g/mol. The Morgan fingerprint density at radius 2 is 2.08 bits per heavy atom. The molecular weight excluding hydrogens is 359 g/mol. The maximum Gasteiger partial charge on any atom is 0.377 e. The first kappa shape index (κ1) is 17.7. The fraction of sp³-hybridized carbons (Fsp3) is 0.400. The maximum atomic E-state index is 14.1. The van der Waals surface area contributed by atoms with Gasteiger partial charge < -0.3 is 9.82 Å². The van der Waals surface area contributed by atoms with Crippen LogP contribution in [0.5, 0.6) is 0 Å². The normalized spacial score (nSPS) is 23.1.